The maximum absolute atomic E-state index is 12.4. The van der Waals surface area contributed by atoms with E-state index in [1.165, 1.54) is 12.1 Å². The van der Waals surface area contributed by atoms with Gasteiger partial charge in [0, 0.05) is 10.7 Å². The van der Waals surface area contributed by atoms with E-state index in [1.54, 1.807) is 0 Å². The summed E-state index contributed by atoms with van der Waals surface area (Å²) in [5, 5.41) is 0. The molecule has 2 nitrogen and oxygen atoms in total. The Morgan fingerprint density at radius 3 is 2.25 bits per heavy atom. The van der Waals surface area contributed by atoms with Crippen LogP contribution in [0.1, 0.15) is 0 Å². The number of rotatable bonds is 1. The van der Waals surface area contributed by atoms with Gasteiger partial charge in [0.1, 0.15) is 5.82 Å². The first-order valence-corrected chi connectivity index (χ1v) is 5.01. The fraction of sp³-hybridized carbons (Fsp3) is 0. The van der Waals surface area contributed by atoms with Crippen molar-refractivity contribution in [2.45, 2.75) is 4.90 Å². The van der Waals surface area contributed by atoms with Gasteiger partial charge in [-0.15, -0.1) is 12.4 Å². The van der Waals surface area contributed by atoms with E-state index in [0.29, 0.717) is 0 Å². The molecule has 0 aliphatic carbocycles. The zero-order valence-electron chi connectivity index (χ0n) is 5.70. The summed E-state index contributed by atoms with van der Waals surface area (Å²) in [4.78, 5) is -0.223. The predicted molar refractivity (Wildman–Crippen MR) is 46.7 cm³/mol. The number of halogens is 3. The molecular formula is C6H5Cl2FO2S. The van der Waals surface area contributed by atoms with Crippen molar-refractivity contribution in [1.29, 1.82) is 0 Å². The average Bonchev–Trinajstić information content (AvgIpc) is 1.86. The minimum Gasteiger partial charge on any atom is -0.207 e. The molecule has 0 radical (unpaired) electrons. The topological polar surface area (TPSA) is 34.1 Å². The molecule has 0 saturated carbocycles. The van der Waals surface area contributed by atoms with Crippen molar-refractivity contribution in [2.75, 3.05) is 0 Å². The fourth-order valence-corrected chi connectivity index (χ4v) is 1.40. The molecule has 0 aromatic heterocycles. The third-order valence-corrected chi connectivity index (χ3v) is 2.43. The molecule has 0 aliphatic rings. The number of hydrogen-bond donors (Lipinski definition) is 0. The molecule has 0 amide bonds. The summed E-state index contributed by atoms with van der Waals surface area (Å²) < 4.78 is 33.5. The third-order valence-electron chi connectivity index (χ3n) is 1.08. The second kappa shape index (κ2) is 4.07. The van der Waals surface area contributed by atoms with Crippen molar-refractivity contribution >= 4 is 32.1 Å². The third kappa shape index (κ3) is 2.97. The largest absolute Gasteiger partial charge is 0.261 e. The van der Waals surface area contributed by atoms with E-state index in [2.05, 4.69) is 0 Å². The highest BCUT2D eigenvalue weighted by Gasteiger charge is 2.09. The molecule has 0 bridgehead atoms. The lowest BCUT2D eigenvalue weighted by molar-refractivity contribution is 0.602. The molecule has 1 aromatic rings. The molecule has 0 fully saturated rings. The van der Waals surface area contributed by atoms with Crippen molar-refractivity contribution in [1.82, 2.24) is 0 Å². The molecule has 1 aromatic carbocycles. The van der Waals surface area contributed by atoms with Crippen LogP contribution in [0.15, 0.2) is 29.2 Å². The maximum atomic E-state index is 12.4. The van der Waals surface area contributed by atoms with Gasteiger partial charge in [0.15, 0.2) is 0 Å². The summed E-state index contributed by atoms with van der Waals surface area (Å²) in [6, 6.07) is 4.52. The normalized spacial score (nSPS) is 10.5. The van der Waals surface area contributed by atoms with Gasteiger partial charge in [-0.05, 0) is 18.2 Å². The SMILES string of the molecule is Cl.O=S(=O)(Cl)c1cccc(F)c1. The molecule has 12 heavy (non-hydrogen) atoms. The van der Waals surface area contributed by atoms with Gasteiger partial charge in [0.25, 0.3) is 9.05 Å². The van der Waals surface area contributed by atoms with Crippen LogP contribution in [0, 0.1) is 5.82 Å². The summed E-state index contributed by atoms with van der Waals surface area (Å²) in [6.45, 7) is 0. The van der Waals surface area contributed by atoms with Crippen molar-refractivity contribution in [3.8, 4) is 0 Å². The maximum Gasteiger partial charge on any atom is 0.261 e. The minimum absolute atomic E-state index is 0. The molecule has 0 N–H and O–H groups in total. The molecule has 0 aliphatic heterocycles. The Bertz CT molecular complexity index is 364. The lowest BCUT2D eigenvalue weighted by Gasteiger charge is -1.93. The predicted octanol–water partition coefficient (Wildman–Crippen LogP) is 2.17. The van der Waals surface area contributed by atoms with E-state index < -0.39 is 14.9 Å². The van der Waals surface area contributed by atoms with Gasteiger partial charge in [-0.1, -0.05) is 6.07 Å². The molecular weight excluding hydrogens is 226 g/mol. The van der Waals surface area contributed by atoms with Crippen molar-refractivity contribution < 1.29 is 12.8 Å². The first-order valence-electron chi connectivity index (χ1n) is 2.70. The molecule has 0 unspecified atom stereocenters. The quantitative estimate of drug-likeness (QED) is 0.694. The van der Waals surface area contributed by atoms with Crippen LogP contribution >= 0.6 is 23.1 Å². The Morgan fingerprint density at radius 2 is 1.92 bits per heavy atom. The molecule has 0 saturated heterocycles. The van der Waals surface area contributed by atoms with Gasteiger partial charge < -0.3 is 0 Å². The average molecular weight is 231 g/mol. The van der Waals surface area contributed by atoms with E-state index in [0.717, 1.165) is 12.1 Å². The van der Waals surface area contributed by atoms with Gasteiger partial charge in [0.05, 0.1) is 4.90 Å². The summed E-state index contributed by atoms with van der Waals surface area (Å²) in [6.07, 6.45) is 0. The van der Waals surface area contributed by atoms with Crippen LogP contribution in [0.4, 0.5) is 4.39 Å². The van der Waals surface area contributed by atoms with Gasteiger partial charge >= 0.3 is 0 Å². The van der Waals surface area contributed by atoms with E-state index in [-0.39, 0.29) is 17.3 Å². The van der Waals surface area contributed by atoms with Gasteiger partial charge in [-0.2, -0.15) is 0 Å². The highest BCUT2D eigenvalue weighted by atomic mass is 35.7. The molecule has 0 atom stereocenters. The lowest BCUT2D eigenvalue weighted by atomic mass is 10.4. The summed E-state index contributed by atoms with van der Waals surface area (Å²) in [7, 11) is 1.14. The van der Waals surface area contributed by atoms with Gasteiger partial charge in [0.2, 0.25) is 0 Å². The Morgan fingerprint density at radius 1 is 1.33 bits per heavy atom. The molecule has 0 spiro atoms. The van der Waals surface area contributed by atoms with Crippen LogP contribution in [-0.2, 0) is 9.05 Å². The van der Waals surface area contributed by atoms with Crippen LogP contribution < -0.4 is 0 Å². The smallest absolute Gasteiger partial charge is 0.207 e. The molecule has 0 heterocycles. The van der Waals surface area contributed by atoms with E-state index in [4.69, 9.17) is 10.7 Å². The van der Waals surface area contributed by atoms with E-state index in [9.17, 15) is 12.8 Å². The zero-order chi connectivity index (χ0) is 8.48. The summed E-state index contributed by atoms with van der Waals surface area (Å²) in [5.41, 5.74) is 0. The van der Waals surface area contributed by atoms with Crippen LogP contribution in [0.25, 0.3) is 0 Å². The van der Waals surface area contributed by atoms with Crippen molar-refractivity contribution in [3.05, 3.63) is 30.1 Å². The van der Waals surface area contributed by atoms with Crippen molar-refractivity contribution in [2.24, 2.45) is 0 Å². The Hall–Kier alpha value is -0.320. The number of hydrogen-bond acceptors (Lipinski definition) is 2. The van der Waals surface area contributed by atoms with Crippen LogP contribution in [0.5, 0.6) is 0 Å². The molecule has 68 valence electrons. The Balaban J connectivity index is 0.00000121. The van der Waals surface area contributed by atoms with Crippen molar-refractivity contribution in [3.63, 3.8) is 0 Å². The minimum atomic E-state index is -3.79. The van der Waals surface area contributed by atoms with Crippen LogP contribution in [0.3, 0.4) is 0 Å². The first-order chi connectivity index (χ1) is 5.00. The monoisotopic (exact) mass is 230 g/mol. The highest BCUT2D eigenvalue weighted by Crippen LogP contribution is 2.14. The number of benzene rings is 1. The van der Waals surface area contributed by atoms with Crippen LogP contribution in [-0.4, -0.2) is 8.42 Å². The van der Waals surface area contributed by atoms with E-state index in [1.807, 2.05) is 0 Å². The fourth-order valence-electron chi connectivity index (χ4n) is 0.619. The van der Waals surface area contributed by atoms with Crippen LogP contribution in [0.2, 0.25) is 0 Å². The Kier molecular flexibility index (Phi) is 3.96. The Labute approximate surface area is 80.2 Å². The first kappa shape index (κ1) is 11.7. The molecule has 6 heteroatoms. The molecule has 1 rings (SSSR count). The second-order valence-electron chi connectivity index (χ2n) is 1.90. The lowest BCUT2D eigenvalue weighted by Crippen LogP contribution is -1.90. The zero-order valence-corrected chi connectivity index (χ0v) is 8.09. The highest BCUT2D eigenvalue weighted by molar-refractivity contribution is 8.13. The van der Waals surface area contributed by atoms with Gasteiger partial charge in [-0.25, -0.2) is 12.8 Å². The second-order valence-corrected chi connectivity index (χ2v) is 4.46. The van der Waals surface area contributed by atoms with Gasteiger partial charge in [-0.3, -0.25) is 0 Å². The summed E-state index contributed by atoms with van der Waals surface area (Å²) >= 11 is 0. The summed E-state index contributed by atoms with van der Waals surface area (Å²) in [5.74, 6) is -0.619. The van der Waals surface area contributed by atoms with E-state index >= 15 is 0 Å². The standard InChI is InChI=1S/C6H4ClFO2S.ClH/c7-11(9,10)6-3-1-2-5(8)4-6;/h1-4H;1H.